The first-order chi connectivity index (χ1) is 4.31. The first kappa shape index (κ1) is 7.95. The molecule has 0 aromatic rings. The molecule has 0 rings (SSSR count). The van der Waals surface area contributed by atoms with Crippen LogP contribution in [0.1, 0.15) is 13.3 Å². The molecule has 0 unspecified atom stereocenters. The van der Waals surface area contributed by atoms with Crippen LogP contribution in [-0.2, 0) is 0 Å². The van der Waals surface area contributed by atoms with Crippen molar-refractivity contribution in [2.45, 2.75) is 13.3 Å². The Balaban J connectivity index is 3.49. The number of hydrogen-bond donors (Lipinski definition) is 1. The molecule has 0 aromatic carbocycles. The Kier molecular flexibility index (Phi) is 4.50. The molecule has 2 heteroatoms. The van der Waals surface area contributed by atoms with Crippen molar-refractivity contribution in [2.75, 3.05) is 0 Å². The lowest BCUT2D eigenvalue weighted by atomic mass is 10.5. The van der Waals surface area contributed by atoms with Gasteiger partial charge in [0.25, 0.3) is 0 Å². The van der Waals surface area contributed by atoms with E-state index in [1.54, 1.807) is 12.4 Å². The van der Waals surface area contributed by atoms with Gasteiger partial charge in [-0.25, -0.2) is 4.99 Å². The summed E-state index contributed by atoms with van der Waals surface area (Å²) in [6, 6.07) is 0. The topological polar surface area (TPSA) is 24.4 Å². The van der Waals surface area contributed by atoms with E-state index in [0.717, 1.165) is 6.42 Å². The molecule has 0 spiro atoms. The van der Waals surface area contributed by atoms with Crippen LogP contribution in [0, 0.1) is 0 Å². The van der Waals surface area contributed by atoms with Crippen molar-refractivity contribution in [3.05, 3.63) is 25.2 Å². The molecule has 0 aliphatic carbocycles. The highest BCUT2D eigenvalue weighted by molar-refractivity contribution is 5.58. The van der Waals surface area contributed by atoms with Gasteiger partial charge in [-0.3, -0.25) is 0 Å². The number of nitrogens with zero attached hydrogens (tertiary/aromatic N) is 1. The van der Waals surface area contributed by atoms with Crippen molar-refractivity contribution in [3.8, 4) is 0 Å². The van der Waals surface area contributed by atoms with Crippen LogP contribution >= 0.6 is 0 Å². The monoisotopic (exact) mass is 124 g/mol. The number of nitrogens with one attached hydrogen (secondary N) is 1. The Hall–Kier alpha value is -1.05. The molecule has 0 saturated heterocycles. The Labute approximate surface area is 56.0 Å². The molecule has 0 amide bonds. The first-order valence-corrected chi connectivity index (χ1v) is 2.90. The molecule has 9 heavy (non-hydrogen) atoms. The van der Waals surface area contributed by atoms with E-state index in [4.69, 9.17) is 0 Å². The SMILES string of the molecule is C=CNC(=C)/N=C\CC. The quantitative estimate of drug-likeness (QED) is 0.566. The second-order valence-corrected chi connectivity index (χ2v) is 1.52. The summed E-state index contributed by atoms with van der Waals surface area (Å²) >= 11 is 0. The minimum absolute atomic E-state index is 0.631. The summed E-state index contributed by atoms with van der Waals surface area (Å²) in [7, 11) is 0. The summed E-state index contributed by atoms with van der Waals surface area (Å²) in [4.78, 5) is 3.93. The zero-order chi connectivity index (χ0) is 7.11. The lowest BCUT2D eigenvalue weighted by Gasteiger charge is -1.94. The smallest absolute Gasteiger partial charge is 0.122 e. The maximum atomic E-state index is 3.93. The van der Waals surface area contributed by atoms with Crippen LogP contribution in [0.25, 0.3) is 0 Å². The van der Waals surface area contributed by atoms with Gasteiger partial charge in [0.2, 0.25) is 0 Å². The van der Waals surface area contributed by atoms with Crippen LogP contribution in [0.3, 0.4) is 0 Å². The minimum atomic E-state index is 0.631. The number of hydrogen-bond acceptors (Lipinski definition) is 2. The van der Waals surface area contributed by atoms with Crippen molar-refractivity contribution in [1.29, 1.82) is 0 Å². The molecule has 2 nitrogen and oxygen atoms in total. The molecule has 0 saturated carbocycles. The molecule has 0 heterocycles. The fourth-order valence-electron chi connectivity index (χ4n) is 0.357. The molecule has 1 N–H and O–H groups in total. The van der Waals surface area contributed by atoms with Crippen molar-refractivity contribution < 1.29 is 0 Å². The van der Waals surface area contributed by atoms with Gasteiger partial charge in [0, 0.05) is 6.21 Å². The average Bonchev–Trinajstić information content (AvgIpc) is 1.85. The Bertz CT molecular complexity index is 125. The van der Waals surface area contributed by atoms with Gasteiger partial charge < -0.3 is 5.32 Å². The third-order valence-electron chi connectivity index (χ3n) is 0.698. The largest absolute Gasteiger partial charge is 0.348 e. The fourth-order valence-corrected chi connectivity index (χ4v) is 0.357. The number of aliphatic imine (C=N–C) groups is 1. The molecule has 50 valence electrons. The van der Waals surface area contributed by atoms with Gasteiger partial charge in [0.15, 0.2) is 0 Å². The van der Waals surface area contributed by atoms with E-state index in [1.165, 1.54) is 0 Å². The molecule has 0 bridgehead atoms. The van der Waals surface area contributed by atoms with Crippen molar-refractivity contribution in [1.82, 2.24) is 5.32 Å². The normalized spacial score (nSPS) is 9.44. The van der Waals surface area contributed by atoms with Crippen LogP contribution in [0.2, 0.25) is 0 Å². The summed E-state index contributed by atoms with van der Waals surface area (Å²) in [6.07, 6.45) is 4.27. The average molecular weight is 124 g/mol. The lowest BCUT2D eigenvalue weighted by Crippen LogP contribution is -1.99. The van der Waals surface area contributed by atoms with Crippen LogP contribution < -0.4 is 5.32 Å². The summed E-state index contributed by atoms with van der Waals surface area (Å²) < 4.78 is 0. The zero-order valence-corrected chi connectivity index (χ0v) is 5.72. The number of rotatable bonds is 4. The van der Waals surface area contributed by atoms with Crippen LogP contribution in [0.4, 0.5) is 0 Å². The van der Waals surface area contributed by atoms with Gasteiger partial charge in [0.05, 0.1) is 0 Å². The van der Waals surface area contributed by atoms with Crippen molar-refractivity contribution >= 4 is 6.21 Å². The van der Waals surface area contributed by atoms with Gasteiger partial charge >= 0.3 is 0 Å². The Morgan fingerprint density at radius 1 is 1.78 bits per heavy atom. The van der Waals surface area contributed by atoms with E-state index < -0.39 is 0 Å². The van der Waals surface area contributed by atoms with Crippen molar-refractivity contribution in [3.63, 3.8) is 0 Å². The molecule has 0 aliphatic rings. The Morgan fingerprint density at radius 2 is 2.44 bits per heavy atom. The molecular formula is C7H12N2. The second-order valence-electron chi connectivity index (χ2n) is 1.52. The van der Waals surface area contributed by atoms with Gasteiger partial charge in [-0.05, 0) is 12.6 Å². The standard InChI is InChI=1S/C7H12N2/c1-4-6-9-7(3)8-5-2/h5-6,8H,2-4H2,1H3/b9-6-. The highest BCUT2D eigenvalue weighted by Gasteiger charge is 1.77. The second kappa shape index (κ2) is 5.09. The zero-order valence-electron chi connectivity index (χ0n) is 5.72. The van der Waals surface area contributed by atoms with Gasteiger partial charge in [-0.2, -0.15) is 0 Å². The van der Waals surface area contributed by atoms with E-state index >= 15 is 0 Å². The van der Waals surface area contributed by atoms with Gasteiger partial charge in [-0.1, -0.05) is 20.1 Å². The summed E-state index contributed by atoms with van der Waals surface area (Å²) in [5.74, 6) is 0.631. The fraction of sp³-hybridized carbons (Fsp3) is 0.286. The lowest BCUT2D eigenvalue weighted by molar-refractivity contribution is 1.04. The maximum absolute atomic E-state index is 3.93. The highest BCUT2D eigenvalue weighted by Crippen LogP contribution is 1.83. The van der Waals surface area contributed by atoms with E-state index in [9.17, 15) is 0 Å². The van der Waals surface area contributed by atoms with E-state index in [-0.39, 0.29) is 0 Å². The summed E-state index contributed by atoms with van der Waals surface area (Å²) in [6.45, 7) is 9.08. The highest BCUT2D eigenvalue weighted by atomic mass is 15.0. The third kappa shape index (κ3) is 4.81. The molecule has 0 atom stereocenters. The predicted molar refractivity (Wildman–Crippen MR) is 41.3 cm³/mol. The van der Waals surface area contributed by atoms with Crippen LogP contribution in [0.5, 0.6) is 0 Å². The molecule has 0 radical (unpaired) electrons. The van der Waals surface area contributed by atoms with E-state index in [2.05, 4.69) is 23.5 Å². The summed E-state index contributed by atoms with van der Waals surface area (Å²) in [5, 5.41) is 2.75. The van der Waals surface area contributed by atoms with E-state index in [0.29, 0.717) is 5.82 Å². The third-order valence-corrected chi connectivity index (χ3v) is 0.698. The first-order valence-electron chi connectivity index (χ1n) is 2.90. The van der Waals surface area contributed by atoms with Gasteiger partial charge in [0.1, 0.15) is 5.82 Å². The Morgan fingerprint density at radius 3 is 2.89 bits per heavy atom. The van der Waals surface area contributed by atoms with Crippen molar-refractivity contribution in [2.24, 2.45) is 4.99 Å². The van der Waals surface area contributed by atoms with Crippen LogP contribution in [0.15, 0.2) is 30.2 Å². The van der Waals surface area contributed by atoms with E-state index in [1.807, 2.05) is 6.92 Å². The minimum Gasteiger partial charge on any atom is -0.348 e. The molecule has 0 fully saturated rings. The van der Waals surface area contributed by atoms with Crippen LogP contribution in [-0.4, -0.2) is 6.21 Å². The molecule has 0 aliphatic heterocycles. The summed E-state index contributed by atoms with van der Waals surface area (Å²) in [5.41, 5.74) is 0. The maximum Gasteiger partial charge on any atom is 0.122 e. The van der Waals surface area contributed by atoms with Gasteiger partial charge in [-0.15, -0.1) is 0 Å². The predicted octanol–water partition coefficient (Wildman–Crippen LogP) is 1.67. The molecular weight excluding hydrogens is 112 g/mol. The molecule has 0 aromatic heterocycles.